The predicted octanol–water partition coefficient (Wildman–Crippen LogP) is 1.57. The molecule has 0 aromatic carbocycles. The van der Waals surface area contributed by atoms with E-state index >= 15 is 0 Å². The standard InChI is InChI=1S/C19H22N4O3/c1-12-6-16-17(10-21-19(16)25)22-18(12)23-4-2-14(3-5-23)26-15-7-13(11-24)8-20-9-15/h6-9,14,24H,2-5,10-11H2,1H3,(H,21,25). The van der Waals surface area contributed by atoms with Crippen LogP contribution in [-0.4, -0.2) is 40.2 Å². The number of aryl methyl sites for hydroxylation is 1. The molecule has 0 spiro atoms. The summed E-state index contributed by atoms with van der Waals surface area (Å²) in [5.41, 5.74) is 3.31. The fourth-order valence-corrected chi connectivity index (χ4v) is 3.54. The third-order valence-electron chi connectivity index (χ3n) is 4.92. The fraction of sp³-hybridized carbons (Fsp3) is 0.421. The quantitative estimate of drug-likeness (QED) is 0.867. The first-order valence-corrected chi connectivity index (χ1v) is 8.89. The van der Waals surface area contributed by atoms with Crippen molar-refractivity contribution in [3.63, 3.8) is 0 Å². The van der Waals surface area contributed by atoms with E-state index in [1.54, 1.807) is 12.4 Å². The highest BCUT2D eigenvalue weighted by atomic mass is 16.5. The maximum Gasteiger partial charge on any atom is 0.253 e. The Morgan fingerprint density at radius 3 is 2.88 bits per heavy atom. The predicted molar refractivity (Wildman–Crippen MR) is 96.2 cm³/mol. The van der Waals surface area contributed by atoms with Crippen molar-refractivity contribution < 1.29 is 14.6 Å². The summed E-state index contributed by atoms with van der Waals surface area (Å²) in [6.45, 7) is 4.18. The summed E-state index contributed by atoms with van der Waals surface area (Å²) in [4.78, 5) is 22.8. The average Bonchev–Trinajstić information content (AvgIpc) is 3.02. The number of aromatic nitrogens is 2. The van der Waals surface area contributed by atoms with Crippen LogP contribution in [0.15, 0.2) is 24.5 Å². The van der Waals surface area contributed by atoms with Crippen molar-refractivity contribution in [2.75, 3.05) is 18.0 Å². The Labute approximate surface area is 152 Å². The first-order chi connectivity index (χ1) is 12.6. The number of anilines is 1. The zero-order chi connectivity index (χ0) is 18.1. The zero-order valence-electron chi connectivity index (χ0n) is 14.7. The van der Waals surface area contributed by atoms with Crippen LogP contribution in [0.5, 0.6) is 5.75 Å². The Bertz CT molecular complexity index is 832. The summed E-state index contributed by atoms with van der Waals surface area (Å²) in [6.07, 6.45) is 5.22. The lowest BCUT2D eigenvalue weighted by atomic mass is 10.1. The van der Waals surface area contributed by atoms with E-state index in [2.05, 4.69) is 15.2 Å². The molecular weight excluding hydrogens is 332 g/mol. The molecule has 0 unspecified atom stereocenters. The smallest absolute Gasteiger partial charge is 0.253 e. The number of nitrogens with one attached hydrogen (secondary N) is 1. The molecule has 7 heteroatoms. The lowest BCUT2D eigenvalue weighted by Gasteiger charge is -2.34. The molecule has 26 heavy (non-hydrogen) atoms. The van der Waals surface area contributed by atoms with Gasteiger partial charge in [0.25, 0.3) is 5.91 Å². The number of amides is 1. The van der Waals surface area contributed by atoms with Crippen LogP contribution in [0.1, 0.15) is 40.0 Å². The maximum atomic E-state index is 11.8. The van der Waals surface area contributed by atoms with Crippen molar-refractivity contribution in [2.24, 2.45) is 0 Å². The van der Waals surface area contributed by atoms with Crippen molar-refractivity contribution in [2.45, 2.75) is 39.0 Å². The number of pyridine rings is 2. The number of ether oxygens (including phenoxy) is 1. The maximum absolute atomic E-state index is 11.8. The first-order valence-electron chi connectivity index (χ1n) is 8.89. The number of rotatable bonds is 4. The van der Waals surface area contributed by atoms with Gasteiger partial charge < -0.3 is 20.1 Å². The van der Waals surface area contributed by atoms with Gasteiger partial charge in [0.05, 0.1) is 30.6 Å². The lowest BCUT2D eigenvalue weighted by molar-refractivity contribution is 0.0965. The van der Waals surface area contributed by atoms with Crippen molar-refractivity contribution in [1.29, 1.82) is 0 Å². The van der Waals surface area contributed by atoms with Gasteiger partial charge in [0.1, 0.15) is 17.7 Å². The molecule has 4 rings (SSSR count). The number of nitrogens with zero attached hydrogens (tertiary/aromatic N) is 3. The van der Waals surface area contributed by atoms with Gasteiger partial charge in [-0.3, -0.25) is 9.78 Å². The molecule has 1 fully saturated rings. The Balaban J connectivity index is 1.41. The van der Waals surface area contributed by atoms with Crippen LogP contribution >= 0.6 is 0 Å². The van der Waals surface area contributed by atoms with Crippen molar-refractivity contribution in [3.8, 4) is 5.75 Å². The number of piperidine rings is 1. The normalized spacial score (nSPS) is 17.2. The molecule has 0 radical (unpaired) electrons. The minimum Gasteiger partial charge on any atom is -0.489 e. The monoisotopic (exact) mass is 354 g/mol. The molecule has 2 aliphatic rings. The molecule has 7 nitrogen and oxygen atoms in total. The van der Waals surface area contributed by atoms with E-state index in [1.165, 1.54) is 0 Å². The van der Waals surface area contributed by atoms with Gasteiger partial charge in [-0.2, -0.15) is 0 Å². The van der Waals surface area contributed by atoms with E-state index in [4.69, 9.17) is 9.72 Å². The number of hydrogen-bond acceptors (Lipinski definition) is 6. The Morgan fingerprint density at radius 1 is 1.31 bits per heavy atom. The van der Waals surface area contributed by atoms with Crippen molar-refractivity contribution in [1.82, 2.24) is 15.3 Å². The SMILES string of the molecule is Cc1cc2c(nc1N1CCC(Oc3cncc(CO)c3)CC1)CNC2=O. The van der Waals surface area contributed by atoms with Gasteiger partial charge in [-0.15, -0.1) is 0 Å². The summed E-state index contributed by atoms with van der Waals surface area (Å²) in [7, 11) is 0. The van der Waals surface area contributed by atoms with Crippen LogP contribution in [0.25, 0.3) is 0 Å². The molecule has 0 atom stereocenters. The minimum absolute atomic E-state index is 0.0343. The summed E-state index contributed by atoms with van der Waals surface area (Å²) in [5.74, 6) is 1.63. The van der Waals surface area contributed by atoms with Crippen LogP contribution < -0.4 is 15.0 Å². The van der Waals surface area contributed by atoms with Crippen molar-refractivity contribution >= 4 is 11.7 Å². The number of carbonyl (C=O) groups excluding carboxylic acids is 1. The number of carbonyl (C=O) groups is 1. The molecule has 136 valence electrons. The Morgan fingerprint density at radius 2 is 2.12 bits per heavy atom. The van der Waals surface area contributed by atoms with E-state index in [0.717, 1.165) is 48.6 Å². The molecule has 1 amide bonds. The van der Waals surface area contributed by atoms with Crippen LogP contribution in [-0.2, 0) is 13.2 Å². The van der Waals surface area contributed by atoms with E-state index in [-0.39, 0.29) is 18.6 Å². The first kappa shape index (κ1) is 16.8. The highest BCUT2D eigenvalue weighted by molar-refractivity contribution is 5.98. The molecule has 0 aliphatic carbocycles. The second-order valence-corrected chi connectivity index (χ2v) is 6.80. The van der Waals surface area contributed by atoms with Crippen LogP contribution in [0.4, 0.5) is 5.82 Å². The fourth-order valence-electron chi connectivity index (χ4n) is 3.54. The highest BCUT2D eigenvalue weighted by Crippen LogP contribution is 2.27. The molecule has 1 saturated heterocycles. The molecule has 2 N–H and O–H groups in total. The van der Waals surface area contributed by atoms with Gasteiger partial charge in [-0.25, -0.2) is 4.98 Å². The number of hydrogen-bond donors (Lipinski definition) is 2. The van der Waals surface area contributed by atoms with Gasteiger partial charge in [0.15, 0.2) is 0 Å². The van der Waals surface area contributed by atoms with Gasteiger partial charge in [-0.1, -0.05) is 0 Å². The lowest BCUT2D eigenvalue weighted by Crippen LogP contribution is -2.39. The Kier molecular flexibility index (Phi) is 4.46. The summed E-state index contributed by atoms with van der Waals surface area (Å²) in [5, 5.41) is 12.0. The zero-order valence-corrected chi connectivity index (χ0v) is 14.7. The molecular formula is C19H22N4O3. The topological polar surface area (TPSA) is 87.6 Å². The second kappa shape index (κ2) is 6.92. The van der Waals surface area contributed by atoms with Crippen LogP contribution in [0.2, 0.25) is 0 Å². The van der Waals surface area contributed by atoms with Gasteiger partial charge >= 0.3 is 0 Å². The van der Waals surface area contributed by atoms with Gasteiger partial charge in [-0.05, 0) is 30.2 Å². The molecule has 0 saturated carbocycles. The third-order valence-corrected chi connectivity index (χ3v) is 4.92. The van der Waals surface area contributed by atoms with Gasteiger partial charge in [0.2, 0.25) is 0 Å². The van der Waals surface area contributed by atoms with E-state index < -0.39 is 0 Å². The van der Waals surface area contributed by atoms with Crippen molar-refractivity contribution in [3.05, 3.63) is 46.9 Å². The average molecular weight is 354 g/mol. The number of aliphatic hydroxyl groups is 1. The molecule has 2 aromatic rings. The third kappa shape index (κ3) is 3.22. The van der Waals surface area contributed by atoms with E-state index in [9.17, 15) is 9.90 Å². The Hall–Kier alpha value is -2.67. The summed E-state index contributed by atoms with van der Waals surface area (Å²) < 4.78 is 6.02. The summed E-state index contributed by atoms with van der Waals surface area (Å²) >= 11 is 0. The molecule has 2 aliphatic heterocycles. The summed E-state index contributed by atoms with van der Waals surface area (Å²) in [6, 6.07) is 3.77. The number of aliphatic hydroxyl groups excluding tert-OH is 1. The minimum atomic E-state index is -0.0384. The van der Waals surface area contributed by atoms with Crippen LogP contribution in [0, 0.1) is 6.92 Å². The molecule has 0 bridgehead atoms. The van der Waals surface area contributed by atoms with E-state index in [0.29, 0.717) is 17.9 Å². The number of fused-ring (bicyclic) bond motifs is 1. The van der Waals surface area contributed by atoms with Crippen LogP contribution in [0.3, 0.4) is 0 Å². The molecule has 4 heterocycles. The van der Waals surface area contributed by atoms with E-state index in [1.807, 2.05) is 19.1 Å². The molecule has 2 aromatic heterocycles. The largest absolute Gasteiger partial charge is 0.489 e. The second-order valence-electron chi connectivity index (χ2n) is 6.80. The highest BCUT2D eigenvalue weighted by Gasteiger charge is 2.26. The van der Waals surface area contributed by atoms with Gasteiger partial charge in [0, 0.05) is 32.1 Å².